The number of rotatable bonds is 3. The molecule has 0 aromatic heterocycles. The Bertz CT molecular complexity index is 203. The van der Waals surface area contributed by atoms with E-state index in [1.807, 2.05) is 0 Å². The van der Waals surface area contributed by atoms with Crippen molar-refractivity contribution in [2.24, 2.45) is 5.41 Å². The van der Waals surface area contributed by atoms with Crippen molar-refractivity contribution in [3.8, 4) is 0 Å². The number of halogens is 2. The van der Waals surface area contributed by atoms with Crippen molar-refractivity contribution in [2.75, 3.05) is 19.8 Å². The first kappa shape index (κ1) is 11.4. The number of carbonyl (C=O) groups is 1. The molecule has 1 saturated heterocycles. The van der Waals surface area contributed by atoms with Crippen LogP contribution in [0.3, 0.4) is 0 Å². The highest BCUT2D eigenvalue weighted by atomic mass is 19.3. The first-order valence-electron chi connectivity index (χ1n) is 4.69. The fraction of sp³-hybridized carbons (Fsp3) is 0.889. The van der Waals surface area contributed by atoms with Gasteiger partial charge in [0, 0.05) is 6.61 Å². The molecule has 0 aromatic carbocycles. The molecule has 1 fully saturated rings. The van der Waals surface area contributed by atoms with Gasteiger partial charge < -0.3 is 10.1 Å². The summed E-state index contributed by atoms with van der Waals surface area (Å²) in [4.78, 5) is 11.5. The third kappa shape index (κ3) is 2.90. The summed E-state index contributed by atoms with van der Waals surface area (Å²) in [7, 11) is 0. The number of nitrogens with one attached hydrogen (secondary N) is 1. The molecule has 0 saturated carbocycles. The molecule has 1 amide bonds. The number of carbonyl (C=O) groups excluding carboxylic acids is 1. The lowest BCUT2D eigenvalue weighted by molar-refractivity contribution is -0.138. The summed E-state index contributed by atoms with van der Waals surface area (Å²) < 4.78 is 28.8. The fourth-order valence-electron chi connectivity index (χ4n) is 1.50. The van der Waals surface area contributed by atoms with Crippen molar-refractivity contribution >= 4 is 5.91 Å². The molecule has 0 bridgehead atoms. The molecule has 0 radical (unpaired) electrons. The maximum atomic E-state index is 11.8. The highest BCUT2D eigenvalue weighted by Crippen LogP contribution is 2.27. The zero-order chi connectivity index (χ0) is 10.6. The van der Waals surface area contributed by atoms with Crippen LogP contribution in [0.2, 0.25) is 0 Å². The standard InChI is InChI=1S/C9H15F2NO2/c1-9(3-2-4-14-6-9)8(13)12-5-7(10)11/h7H,2-6H2,1H3,(H,12,13). The Labute approximate surface area is 81.8 Å². The summed E-state index contributed by atoms with van der Waals surface area (Å²) in [6.45, 7) is 2.14. The van der Waals surface area contributed by atoms with E-state index < -0.39 is 18.4 Å². The van der Waals surface area contributed by atoms with Gasteiger partial charge in [-0.1, -0.05) is 0 Å². The van der Waals surface area contributed by atoms with Gasteiger partial charge in [-0.25, -0.2) is 8.78 Å². The van der Waals surface area contributed by atoms with Crippen LogP contribution in [0, 0.1) is 5.41 Å². The molecular formula is C9H15F2NO2. The van der Waals surface area contributed by atoms with E-state index in [1.165, 1.54) is 0 Å². The summed E-state index contributed by atoms with van der Waals surface area (Å²) in [5.74, 6) is -0.336. The van der Waals surface area contributed by atoms with Crippen LogP contribution in [-0.2, 0) is 9.53 Å². The van der Waals surface area contributed by atoms with E-state index in [4.69, 9.17) is 4.74 Å². The second-order valence-electron chi connectivity index (χ2n) is 3.82. The van der Waals surface area contributed by atoms with Crippen LogP contribution in [0.15, 0.2) is 0 Å². The Balaban J connectivity index is 2.41. The highest BCUT2D eigenvalue weighted by Gasteiger charge is 2.35. The Morgan fingerprint density at radius 3 is 2.86 bits per heavy atom. The van der Waals surface area contributed by atoms with E-state index in [9.17, 15) is 13.6 Å². The van der Waals surface area contributed by atoms with Crippen LogP contribution in [0.1, 0.15) is 19.8 Å². The average molecular weight is 207 g/mol. The normalized spacial score (nSPS) is 27.7. The van der Waals surface area contributed by atoms with Crippen LogP contribution in [0.4, 0.5) is 8.78 Å². The zero-order valence-electron chi connectivity index (χ0n) is 8.19. The van der Waals surface area contributed by atoms with Crippen LogP contribution in [0.25, 0.3) is 0 Å². The number of hydrogen-bond acceptors (Lipinski definition) is 2. The molecule has 14 heavy (non-hydrogen) atoms. The fourth-order valence-corrected chi connectivity index (χ4v) is 1.50. The van der Waals surface area contributed by atoms with Crippen molar-refractivity contribution < 1.29 is 18.3 Å². The van der Waals surface area contributed by atoms with E-state index in [0.29, 0.717) is 19.6 Å². The second-order valence-corrected chi connectivity index (χ2v) is 3.82. The van der Waals surface area contributed by atoms with Gasteiger partial charge in [-0.3, -0.25) is 4.79 Å². The van der Waals surface area contributed by atoms with Gasteiger partial charge in [-0.15, -0.1) is 0 Å². The molecular weight excluding hydrogens is 192 g/mol. The highest BCUT2D eigenvalue weighted by molar-refractivity contribution is 5.82. The number of hydrogen-bond donors (Lipinski definition) is 1. The molecule has 0 spiro atoms. The topological polar surface area (TPSA) is 38.3 Å². The molecule has 1 heterocycles. The summed E-state index contributed by atoms with van der Waals surface area (Å²) >= 11 is 0. The van der Waals surface area contributed by atoms with Gasteiger partial charge in [0.15, 0.2) is 0 Å². The lowest BCUT2D eigenvalue weighted by Crippen LogP contribution is -2.45. The molecule has 0 aliphatic carbocycles. The largest absolute Gasteiger partial charge is 0.380 e. The van der Waals surface area contributed by atoms with Gasteiger partial charge in [0.2, 0.25) is 5.91 Å². The molecule has 82 valence electrons. The van der Waals surface area contributed by atoms with Gasteiger partial charge in [-0.2, -0.15) is 0 Å². The molecule has 1 atom stereocenters. The molecule has 1 aliphatic rings. The summed E-state index contributed by atoms with van der Waals surface area (Å²) in [6.07, 6.45) is -0.993. The lowest BCUT2D eigenvalue weighted by atomic mass is 9.84. The molecule has 5 heteroatoms. The third-order valence-electron chi connectivity index (χ3n) is 2.40. The van der Waals surface area contributed by atoms with Crippen LogP contribution in [0.5, 0.6) is 0 Å². The minimum atomic E-state index is -2.49. The van der Waals surface area contributed by atoms with Crippen molar-refractivity contribution in [3.05, 3.63) is 0 Å². The van der Waals surface area contributed by atoms with E-state index in [0.717, 1.165) is 6.42 Å². The molecule has 1 aliphatic heterocycles. The maximum Gasteiger partial charge on any atom is 0.255 e. The van der Waals surface area contributed by atoms with Gasteiger partial charge in [0.1, 0.15) is 0 Å². The van der Waals surface area contributed by atoms with Gasteiger partial charge in [0.05, 0.1) is 18.6 Å². The smallest absolute Gasteiger partial charge is 0.255 e. The van der Waals surface area contributed by atoms with Crippen LogP contribution >= 0.6 is 0 Å². The zero-order valence-corrected chi connectivity index (χ0v) is 8.19. The lowest BCUT2D eigenvalue weighted by Gasteiger charge is -2.31. The quantitative estimate of drug-likeness (QED) is 0.754. The average Bonchev–Trinajstić information content (AvgIpc) is 2.15. The van der Waals surface area contributed by atoms with Crippen LogP contribution < -0.4 is 5.32 Å². The number of ether oxygens (including phenoxy) is 1. The minimum absolute atomic E-state index is 0.321. The van der Waals surface area contributed by atoms with Crippen LogP contribution in [-0.4, -0.2) is 32.1 Å². The van der Waals surface area contributed by atoms with E-state index in [-0.39, 0.29) is 5.91 Å². The summed E-state index contributed by atoms with van der Waals surface area (Å²) in [5.41, 5.74) is -0.632. The monoisotopic (exact) mass is 207 g/mol. The first-order valence-corrected chi connectivity index (χ1v) is 4.69. The predicted octanol–water partition coefficient (Wildman–Crippen LogP) is 1.18. The Morgan fingerprint density at radius 1 is 1.64 bits per heavy atom. The van der Waals surface area contributed by atoms with Crippen molar-refractivity contribution in [1.29, 1.82) is 0 Å². The maximum absolute atomic E-state index is 11.8. The van der Waals surface area contributed by atoms with Crippen molar-refractivity contribution in [2.45, 2.75) is 26.2 Å². The Hall–Kier alpha value is -0.710. The predicted molar refractivity (Wildman–Crippen MR) is 47.2 cm³/mol. The Kier molecular flexibility index (Phi) is 3.80. The van der Waals surface area contributed by atoms with Crippen molar-refractivity contribution in [1.82, 2.24) is 5.32 Å². The molecule has 3 nitrogen and oxygen atoms in total. The molecule has 1 rings (SSSR count). The molecule has 1 N–H and O–H groups in total. The second kappa shape index (κ2) is 4.68. The third-order valence-corrected chi connectivity index (χ3v) is 2.40. The van der Waals surface area contributed by atoms with Gasteiger partial charge >= 0.3 is 0 Å². The number of amides is 1. The minimum Gasteiger partial charge on any atom is -0.380 e. The van der Waals surface area contributed by atoms with E-state index in [2.05, 4.69) is 5.32 Å². The first-order chi connectivity index (χ1) is 6.54. The molecule has 0 aromatic rings. The van der Waals surface area contributed by atoms with E-state index >= 15 is 0 Å². The SMILES string of the molecule is CC1(C(=O)NCC(F)F)CCCOC1. The Morgan fingerprint density at radius 2 is 2.36 bits per heavy atom. The number of alkyl halides is 2. The van der Waals surface area contributed by atoms with Gasteiger partial charge in [0.25, 0.3) is 6.43 Å². The summed E-state index contributed by atoms with van der Waals surface area (Å²) in [6, 6.07) is 0. The summed E-state index contributed by atoms with van der Waals surface area (Å²) in [5, 5.41) is 2.22. The van der Waals surface area contributed by atoms with E-state index in [1.54, 1.807) is 6.92 Å². The van der Waals surface area contributed by atoms with Crippen molar-refractivity contribution in [3.63, 3.8) is 0 Å². The van der Waals surface area contributed by atoms with Gasteiger partial charge in [-0.05, 0) is 19.8 Å². The molecule has 1 unspecified atom stereocenters.